The lowest BCUT2D eigenvalue weighted by Crippen LogP contribution is -2.61. The third kappa shape index (κ3) is 5.96. The smallest absolute Gasteiger partial charge is 0.324 e. The van der Waals surface area contributed by atoms with Gasteiger partial charge in [0.2, 0.25) is 11.8 Å². The van der Waals surface area contributed by atoms with Crippen molar-refractivity contribution in [3.8, 4) is 5.75 Å². The number of ether oxygens (including phenoxy) is 1. The molecule has 3 aliphatic rings. The average Bonchev–Trinajstić information content (AvgIpc) is 2.92. The number of urea groups is 1. The Kier molecular flexibility index (Phi) is 7.74. The van der Waals surface area contributed by atoms with Gasteiger partial charge in [-0.05, 0) is 55.4 Å². The van der Waals surface area contributed by atoms with Crippen molar-refractivity contribution in [3.63, 3.8) is 0 Å². The van der Waals surface area contributed by atoms with Crippen molar-refractivity contribution in [3.05, 3.63) is 65.7 Å². The second kappa shape index (κ2) is 11.3. The Hall–Kier alpha value is -3.39. The third-order valence-electron chi connectivity index (χ3n) is 8.04. The number of carbonyl (C=O) groups is 3. The van der Waals surface area contributed by atoms with Crippen LogP contribution in [0.4, 0.5) is 4.79 Å². The Morgan fingerprint density at radius 2 is 1.65 bits per heavy atom. The van der Waals surface area contributed by atoms with E-state index in [1.165, 1.54) is 10.5 Å². The highest BCUT2D eigenvalue weighted by molar-refractivity contribution is 5.99. The molecule has 0 aromatic heterocycles. The fraction of sp³-hybridized carbons (Fsp3) is 0.483. The number of benzene rings is 2. The van der Waals surface area contributed by atoms with Crippen molar-refractivity contribution >= 4 is 17.8 Å². The zero-order valence-electron chi connectivity index (χ0n) is 21.4. The summed E-state index contributed by atoms with van der Waals surface area (Å²) in [5.41, 5.74) is 2.18. The van der Waals surface area contributed by atoms with Crippen LogP contribution in [0, 0.1) is 11.8 Å². The molecule has 0 bridgehead atoms. The summed E-state index contributed by atoms with van der Waals surface area (Å²) in [6, 6.07) is 17.3. The number of piperidine rings is 1. The molecule has 1 saturated carbocycles. The molecule has 2 N–H and O–H groups in total. The summed E-state index contributed by atoms with van der Waals surface area (Å²) in [5, 5.41) is 6.27. The highest BCUT2D eigenvalue weighted by atomic mass is 16.5. The van der Waals surface area contributed by atoms with E-state index in [1.54, 1.807) is 7.11 Å². The number of nitrogens with one attached hydrogen (secondary N) is 2. The number of hydrogen-bond acceptors (Lipinski definition) is 5. The highest BCUT2D eigenvalue weighted by Crippen LogP contribution is 2.34. The van der Waals surface area contributed by atoms with Crippen LogP contribution in [0.5, 0.6) is 5.75 Å². The van der Waals surface area contributed by atoms with Gasteiger partial charge in [-0.2, -0.15) is 0 Å². The Bertz CT molecular complexity index is 1100. The molecule has 2 aromatic rings. The molecule has 37 heavy (non-hydrogen) atoms. The Morgan fingerprint density at radius 1 is 0.946 bits per heavy atom. The van der Waals surface area contributed by atoms with E-state index in [9.17, 15) is 14.4 Å². The van der Waals surface area contributed by atoms with Gasteiger partial charge < -0.3 is 15.4 Å². The molecule has 196 valence electrons. The van der Waals surface area contributed by atoms with Crippen LogP contribution in [0.2, 0.25) is 0 Å². The van der Waals surface area contributed by atoms with Gasteiger partial charge in [0.05, 0.1) is 19.6 Å². The van der Waals surface area contributed by atoms with E-state index in [1.807, 2.05) is 30.3 Å². The molecule has 2 aromatic carbocycles. The average molecular weight is 505 g/mol. The van der Waals surface area contributed by atoms with Gasteiger partial charge in [0.15, 0.2) is 0 Å². The summed E-state index contributed by atoms with van der Waals surface area (Å²) in [7, 11) is 1.60. The topological polar surface area (TPSA) is 91.0 Å². The predicted octanol–water partition coefficient (Wildman–Crippen LogP) is 3.31. The molecule has 8 heteroatoms. The van der Waals surface area contributed by atoms with E-state index in [0.717, 1.165) is 43.8 Å². The van der Waals surface area contributed by atoms with Crippen LogP contribution < -0.4 is 15.4 Å². The van der Waals surface area contributed by atoms with Gasteiger partial charge in [0.1, 0.15) is 5.75 Å². The Morgan fingerprint density at radius 3 is 2.35 bits per heavy atom. The largest absolute Gasteiger partial charge is 0.497 e. The number of nitrogens with zero attached hydrogens (tertiary/aromatic N) is 2. The van der Waals surface area contributed by atoms with E-state index in [-0.39, 0.29) is 48.3 Å². The number of carbonyl (C=O) groups excluding carboxylic acids is 3. The second-order valence-corrected chi connectivity index (χ2v) is 10.5. The fourth-order valence-corrected chi connectivity index (χ4v) is 5.86. The SMILES string of the molecule is COc1ccc(CN2C(=O)NC3CC(C(=O)NC4CCN(Cc5ccccc5)CC4)CCC3C2=O)cc1. The van der Waals surface area contributed by atoms with E-state index in [4.69, 9.17) is 4.74 Å². The summed E-state index contributed by atoms with van der Waals surface area (Å²) in [6.45, 7) is 3.09. The molecule has 2 aliphatic heterocycles. The van der Waals surface area contributed by atoms with Crippen molar-refractivity contribution < 1.29 is 19.1 Å². The third-order valence-corrected chi connectivity index (χ3v) is 8.04. The Labute approximate surface area is 218 Å². The minimum atomic E-state index is -0.381. The summed E-state index contributed by atoms with van der Waals surface area (Å²) < 4.78 is 5.18. The first-order valence-corrected chi connectivity index (χ1v) is 13.3. The first kappa shape index (κ1) is 25.3. The fourth-order valence-electron chi connectivity index (χ4n) is 5.86. The van der Waals surface area contributed by atoms with Crippen LogP contribution in [0.25, 0.3) is 0 Å². The van der Waals surface area contributed by atoms with Crippen molar-refractivity contribution in [2.75, 3.05) is 20.2 Å². The van der Waals surface area contributed by atoms with E-state index >= 15 is 0 Å². The zero-order chi connectivity index (χ0) is 25.8. The number of imide groups is 1. The molecular formula is C29H36N4O4. The van der Waals surface area contributed by atoms with Gasteiger partial charge >= 0.3 is 6.03 Å². The van der Waals surface area contributed by atoms with Crippen molar-refractivity contribution in [1.29, 1.82) is 0 Å². The van der Waals surface area contributed by atoms with E-state index < -0.39 is 0 Å². The lowest BCUT2D eigenvalue weighted by Gasteiger charge is -2.42. The number of likely N-dealkylation sites (tertiary alicyclic amines) is 1. The van der Waals surface area contributed by atoms with Crippen LogP contribution in [0.3, 0.4) is 0 Å². The summed E-state index contributed by atoms with van der Waals surface area (Å²) >= 11 is 0. The second-order valence-electron chi connectivity index (χ2n) is 10.5. The van der Waals surface area contributed by atoms with Gasteiger partial charge in [-0.25, -0.2) is 4.79 Å². The molecule has 3 fully saturated rings. The maximum atomic E-state index is 13.2. The number of amides is 4. The first-order chi connectivity index (χ1) is 18.0. The van der Waals surface area contributed by atoms with Gasteiger partial charge in [0, 0.05) is 37.6 Å². The quantitative estimate of drug-likeness (QED) is 0.604. The van der Waals surface area contributed by atoms with Crippen molar-refractivity contribution in [2.45, 2.75) is 57.3 Å². The molecule has 4 amide bonds. The Balaban J connectivity index is 1.10. The van der Waals surface area contributed by atoms with E-state index in [0.29, 0.717) is 19.3 Å². The number of rotatable bonds is 7. The molecule has 1 aliphatic carbocycles. The van der Waals surface area contributed by atoms with Crippen molar-refractivity contribution in [2.24, 2.45) is 11.8 Å². The molecule has 2 heterocycles. The minimum Gasteiger partial charge on any atom is -0.497 e. The molecule has 0 radical (unpaired) electrons. The normalized spacial score (nSPS) is 24.8. The lowest BCUT2D eigenvalue weighted by atomic mass is 9.76. The van der Waals surface area contributed by atoms with Crippen LogP contribution in [0.15, 0.2) is 54.6 Å². The monoisotopic (exact) mass is 504 g/mol. The van der Waals surface area contributed by atoms with Crippen molar-refractivity contribution in [1.82, 2.24) is 20.4 Å². The van der Waals surface area contributed by atoms with Crippen LogP contribution in [0.1, 0.15) is 43.2 Å². The molecule has 8 nitrogen and oxygen atoms in total. The van der Waals surface area contributed by atoms with Gasteiger partial charge in [-0.3, -0.25) is 19.4 Å². The molecule has 3 atom stereocenters. The van der Waals surface area contributed by atoms with E-state index in [2.05, 4.69) is 39.8 Å². The zero-order valence-corrected chi connectivity index (χ0v) is 21.4. The van der Waals surface area contributed by atoms with Crippen LogP contribution in [-0.2, 0) is 22.7 Å². The first-order valence-electron chi connectivity index (χ1n) is 13.3. The molecule has 3 unspecified atom stereocenters. The maximum absolute atomic E-state index is 13.2. The minimum absolute atomic E-state index is 0.0577. The maximum Gasteiger partial charge on any atom is 0.324 e. The van der Waals surface area contributed by atoms with Crippen LogP contribution in [-0.4, -0.2) is 59.9 Å². The standard InChI is InChI=1S/C29H36N4O4/c1-37-24-10-7-21(8-11-24)19-33-28(35)25-12-9-22(17-26(25)31-29(33)36)27(34)30-23-13-15-32(16-14-23)18-20-5-3-2-4-6-20/h2-8,10-11,22-23,25-26H,9,12-19H2,1H3,(H,30,34)(H,31,36). The summed E-state index contributed by atoms with van der Waals surface area (Å²) in [4.78, 5) is 42.8. The number of fused-ring (bicyclic) bond motifs is 1. The van der Waals surface area contributed by atoms with Gasteiger partial charge in [0.25, 0.3) is 0 Å². The highest BCUT2D eigenvalue weighted by Gasteiger charge is 2.45. The summed E-state index contributed by atoms with van der Waals surface area (Å²) in [5.74, 6) is 0.190. The molecule has 0 spiro atoms. The lowest BCUT2D eigenvalue weighted by molar-refractivity contribution is -0.139. The number of hydrogen-bond donors (Lipinski definition) is 2. The summed E-state index contributed by atoms with van der Waals surface area (Å²) in [6.07, 6.45) is 3.66. The predicted molar refractivity (Wildman–Crippen MR) is 140 cm³/mol. The van der Waals surface area contributed by atoms with Gasteiger partial charge in [-0.15, -0.1) is 0 Å². The molecular weight excluding hydrogens is 468 g/mol. The van der Waals surface area contributed by atoms with Gasteiger partial charge in [-0.1, -0.05) is 42.5 Å². The van der Waals surface area contributed by atoms with Crippen LogP contribution >= 0.6 is 0 Å². The molecule has 5 rings (SSSR count). The molecule has 2 saturated heterocycles. The number of methoxy groups -OCH3 is 1.